The Balaban J connectivity index is 1.61. The molecule has 2 aromatic heterocycles. The van der Waals surface area contributed by atoms with Gasteiger partial charge < -0.3 is 5.32 Å². The Morgan fingerprint density at radius 3 is 3.05 bits per heavy atom. The molecule has 1 aliphatic rings. The number of hydrogen-bond donors (Lipinski definition) is 1. The molecule has 5 heteroatoms. The summed E-state index contributed by atoms with van der Waals surface area (Å²) < 4.78 is 2.92. The average Bonchev–Trinajstić information content (AvgIpc) is 2.97. The van der Waals surface area contributed by atoms with Crippen molar-refractivity contribution >= 4 is 21.6 Å². The van der Waals surface area contributed by atoms with Crippen molar-refractivity contribution in [3.8, 4) is 0 Å². The third-order valence-electron chi connectivity index (χ3n) is 3.98. The number of imidazole rings is 1. The molecular formula is C14H19BrN4. The minimum atomic E-state index is 0.837. The quantitative estimate of drug-likeness (QED) is 0.940. The Morgan fingerprint density at radius 2 is 2.26 bits per heavy atom. The fraction of sp³-hybridized carbons (Fsp3) is 0.571. The van der Waals surface area contributed by atoms with Gasteiger partial charge in [0.25, 0.3) is 0 Å². The van der Waals surface area contributed by atoms with E-state index >= 15 is 0 Å². The first kappa shape index (κ1) is 13.1. The molecule has 1 saturated carbocycles. The molecule has 1 fully saturated rings. The summed E-state index contributed by atoms with van der Waals surface area (Å²) in [6, 6.07) is 0. The summed E-state index contributed by atoms with van der Waals surface area (Å²) in [5.74, 6) is 1.76. The zero-order valence-corrected chi connectivity index (χ0v) is 12.7. The molecule has 19 heavy (non-hydrogen) atoms. The zero-order valence-electron chi connectivity index (χ0n) is 11.1. The second-order valence-corrected chi connectivity index (χ2v) is 6.42. The van der Waals surface area contributed by atoms with E-state index in [2.05, 4.69) is 42.5 Å². The number of fused-ring (bicyclic) bond motifs is 1. The number of nitrogens with one attached hydrogen (secondary N) is 1. The minimum absolute atomic E-state index is 0.837. The summed E-state index contributed by atoms with van der Waals surface area (Å²) in [6.07, 6.45) is 9.81. The van der Waals surface area contributed by atoms with Crippen LogP contribution in [0.3, 0.4) is 0 Å². The Morgan fingerprint density at radius 1 is 1.37 bits per heavy atom. The summed E-state index contributed by atoms with van der Waals surface area (Å²) in [5.41, 5.74) is 2.08. The van der Waals surface area contributed by atoms with Crippen LogP contribution in [-0.4, -0.2) is 20.9 Å². The second kappa shape index (κ2) is 5.59. The molecule has 0 saturated heterocycles. The highest BCUT2D eigenvalue weighted by molar-refractivity contribution is 9.10. The molecule has 0 aromatic carbocycles. The first-order valence-corrected chi connectivity index (χ1v) is 7.70. The molecule has 0 radical (unpaired) electrons. The molecule has 102 valence electrons. The van der Waals surface area contributed by atoms with Crippen molar-refractivity contribution in [3.63, 3.8) is 0 Å². The van der Waals surface area contributed by atoms with Gasteiger partial charge in [-0.3, -0.25) is 4.40 Å². The Hall–Kier alpha value is -0.940. The van der Waals surface area contributed by atoms with E-state index in [1.54, 1.807) is 6.20 Å². The van der Waals surface area contributed by atoms with Gasteiger partial charge in [-0.05, 0) is 47.2 Å². The summed E-state index contributed by atoms with van der Waals surface area (Å²) in [5, 5.41) is 3.57. The smallest absolute Gasteiger partial charge is 0.155 e. The standard InChI is InChI=1S/C14H19BrN4/c1-10-2-3-11(4-10)5-16-6-12-7-18-14-8-17-13(15)9-19(12)14/h7-11,16H,2-6H2,1H3. The Bertz CT molecular complexity index is 566. The predicted molar refractivity (Wildman–Crippen MR) is 78.9 cm³/mol. The van der Waals surface area contributed by atoms with Crippen LogP contribution in [0.4, 0.5) is 0 Å². The van der Waals surface area contributed by atoms with Gasteiger partial charge in [0.15, 0.2) is 5.65 Å². The van der Waals surface area contributed by atoms with Gasteiger partial charge in [-0.2, -0.15) is 0 Å². The average molecular weight is 323 g/mol. The highest BCUT2D eigenvalue weighted by atomic mass is 79.9. The molecule has 1 aliphatic carbocycles. The van der Waals surface area contributed by atoms with Crippen molar-refractivity contribution < 1.29 is 0 Å². The molecule has 0 aliphatic heterocycles. The van der Waals surface area contributed by atoms with Crippen LogP contribution in [0.25, 0.3) is 5.65 Å². The van der Waals surface area contributed by atoms with Gasteiger partial charge in [-0.1, -0.05) is 13.3 Å². The molecule has 0 bridgehead atoms. The first-order chi connectivity index (χ1) is 9.22. The number of hydrogen-bond acceptors (Lipinski definition) is 3. The van der Waals surface area contributed by atoms with E-state index in [0.29, 0.717) is 0 Å². The maximum Gasteiger partial charge on any atom is 0.155 e. The van der Waals surface area contributed by atoms with E-state index in [1.807, 2.05) is 12.4 Å². The van der Waals surface area contributed by atoms with Crippen molar-refractivity contribution in [1.29, 1.82) is 0 Å². The second-order valence-electron chi connectivity index (χ2n) is 5.60. The Labute approximate surface area is 121 Å². The van der Waals surface area contributed by atoms with Crippen LogP contribution in [-0.2, 0) is 6.54 Å². The maximum atomic E-state index is 4.36. The van der Waals surface area contributed by atoms with Crippen molar-refractivity contribution in [2.24, 2.45) is 11.8 Å². The number of nitrogens with zero attached hydrogens (tertiary/aromatic N) is 3. The third-order valence-corrected chi connectivity index (χ3v) is 4.39. The molecule has 4 nitrogen and oxygen atoms in total. The van der Waals surface area contributed by atoms with E-state index in [4.69, 9.17) is 0 Å². The highest BCUT2D eigenvalue weighted by Gasteiger charge is 2.20. The van der Waals surface area contributed by atoms with E-state index in [9.17, 15) is 0 Å². The van der Waals surface area contributed by atoms with Crippen LogP contribution in [0, 0.1) is 11.8 Å². The van der Waals surface area contributed by atoms with Crippen LogP contribution in [0.1, 0.15) is 31.9 Å². The topological polar surface area (TPSA) is 42.2 Å². The van der Waals surface area contributed by atoms with E-state index in [1.165, 1.54) is 25.0 Å². The molecule has 2 atom stereocenters. The van der Waals surface area contributed by atoms with Gasteiger partial charge in [0.1, 0.15) is 4.60 Å². The van der Waals surface area contributed by atoms with Crippen molar-refractivity contribution in [2.75, 3.05) is 6.54 Å². The van der Waals surface area contributed by atoms with Crippen molar-refractivity contribution in [1.82, 2.24) is 19.7 Å². The van der Waals surface area contributed by atoms with Crippen LogP contribution >= 0.6 is 15.9 Å². The number of aromatic nitrogens is 3. The van der Waals surface area contributed by atoms with Crippen molar-refractivity contribution in [3.05, 3.63) is 28.9 Å². The Kier molecular flexibility index (Phi) is 3.84. The lowest BCUT2D eigenvalue weighted by Crippen LogP contribution is -2.21. The highest BCUT2D eigenvalue weighted by Crippen LogP contribution is 2.29. The lowest BCUT2D eigenvalue weighted by atomic mass is 10.1. The predicted octanol–water partition coefficient (Wildman–Crippen LogP) is 3.02. The summed E-state index contributed by atoms with van der Waals surface area (Å²) in [4.78, 5) is 8.55. The maximum absolute atomic E-state index is 4.36. The largest absolute Gasteiger partial charge is 0.311 e. The van der Waals surface area contributed by atoms with Gasteiger partial charge in [0.05, 0.1) is 18.1 Å². The molecule has 0 amide bonds. The van der Waals surface area contributed by atoms with Crippen LogP contribution in [0.2, 0.25) is 0 Å². The molecule has 1 N–H and O–H groups in total. The van der Waals surface area contributed by atoms with E-state index < -0.39 is 0 Å². The van der Waals surface area contributed by atoms with Gasteiger partial charge in [0.2, 0.25) is 0 Å². The lowest BCUT2D eigenvalue weighted by Gasteiger charge is -2.10. The van der Waals surface area contributed by atoms with Gasteiger partial charge in [-0.25, -0.2) is 9.97 Å². The molecule has 2 heterocycles. The van der Waals surface area contributed by atoms with E-state index in [-0.39, 0.29) is 0 Å². The molecule has 0 spiro atoms. The normalized spacial score (nSPS) is 23.3. The fourth-order valence-corrected chi connectivity index (χ4v) is 3.27. The number of halogens is 1. The first-order valence-electron chi connectivity index (χ1n) is 6.90. The summed E-state index contributed by atoms with van der Waals surface area (Å²) in [7, 11) is 0. The molecule has 2 aromatic rings. The van der Waals surface area contributed by atoms with Gasteiger partial charge in [0, 0.05) is 12.7 Å². The molecule has 2 unspecified atom stereocenters. The fourth-order valence-electron chi connectivity index (χ4n) is 2.96. The minimum Gasteiger partial charge on any atom is -0.311 e. The van der Waals surface area contributed by atoms with Crippen LogP contribution < -0.4 is 5.32 Å². The summed E-state index contributed by atoms with van der Waals surface area (Å²) in [6.45, 7) is 4.33. The lowest BCUT2D eigenvalue weighted by molar-refractivity contribution is 0.468. The zero-order chi connectivity index (χ0) is 13.2. The summed E-state index contributed by atoms with van der Waals surface area (Å²) >= 11 is 3.40. The molecule has 3 rings (SSSR count). The van der Waals surface area contributed by atoms with Crippen molar-refractivity contribution in [2.45, 2.75) is 32.7 Å². The molecular weight excluding hydrogens is 304 g/mol. The third kappa shape index (κ3) is 2.98. The van der Waals surface area contributed by atoms with Gasteiger partial charge >= 0.3 is 0 Å². The van der Waals surface area contributed by atoms with E-state index in [0.717, 1.165) is 35.2 Å². The van der Waals surface area contributed by atoms with Crippen LogP contribution in [0.5, 0.6) is 0 Å². The SMILES string of the molecule is CC1CCC(CNCc2cnc3cnc(Br)cn23)C1. The monoisotopic (exact) mass is 322 g/mol. The number of rotatable bonds is 4. The van der Waals surface area contributed by atoms with Crippen LogP contribution in [0.15, 0.2) is 23.2 Å². The van der Waals surface area contributed by atoms with Gasteiger partial charge in [-0.15, -0.1) is 0 Å².